The smallest absolute Gasteiger partial charge is 0.253 e. The second-order valence-electron chi connectivity index (χ2n) is 5.55. The first-order chi connectivity index (χ1) is 11.7. The summed E-state index contributed by atoms with van der Waals surface area (Å²) >= 11 is 7.82. The maximum atomic E-state index is 14.4. The van der Waals surface area contributed by atoms with Crippen molar-refractivity contribution in [3.63, 3.8) is 0 Å². The molecule has 2 aromatic carbocycles. The van der Waals surface area contributed by atoms with Crippen molar-refractivity contribution in [3.05, 3.63) is 55.6 Å². The SMILES string of the molecule is Cc1cc(I)ccc1Nc1c(C(=O)NCC(C)O)cc(Cl)c(F)c1F. The molecule has 0 saturated heterocycles. The fourth-order valence-electron chi connectivity index (χ4n) is 2.13. The summed E-state index contributed by atoms with van der Waals surface area (Å²) in [5.74, 6) is -3.15. The van der Waals surface area contributed by atoms with Gasteiger partial charge < -0.3 is 15.7 Å². The average Bonchev–Trinajstić information content (AvgIpc) is 2.54. The summed E-state index contributed by atoms with van der Waals surface area (Å²) in [5, 5.41) is 14.0. The Kier molecular flexibility index (Phi) is 6.59. The van der Waals surface area contributed by atoms with Crippen LogP contribution in [0.1, 0.15) is 22.8 Å². The van der Waals surface area contributed by atoms with Crippen molar-refractivity contribution in [3.8, 4) is 0 Å². The van der Waals surface area contributed by atoms with E-state index in [0.29, 0.717) is 5.69 Å². The first kappa shape index (κ1) is 19.9. The van der Waals surface area contributed by atoms with Gasteiger partial charge >= 0.3 is 0 Å². The lowest BCUT2D eigenvalue weighted by atomic mass is 10.1. The molecule has 0 heterocycles. The fourth-order valence-corrected chi connectivity index (χ4v) is 2.97. The van der Waals surface area contributed by atoms with Crippen LogP contribution in [0.3, 0.4) is 0 Å². The van der Waals surface area contributed by atoms with Gasteiger partial charge in [-0.15, -0.1) is 0 Å². The van der Waals surface area contributed by atoms with Gasteiger partial charge in [-0.05, 0) is 66.3 Å². The molecule has 1 amide bonds. The molecule has 0 aromatic heterocycles. The lowest BCUT2D eigenvalue weighted by Crippen LogP contribution is -2.31. The number of halogens is 4. The highest BCUT2D eigenvalue weighted by Gasteiger charge is 2.22. The van der Waals surface area contributed by atoms with Gasteiger partial charge in [-0.2, -0.15) is 0 Å². The van der Waals surface area contributed by atoms with Crippen LogP contribution >= 0.6 is 34.2 Å². The van der Waals surface area contributed by atoms with Crippen molar-refractivity contribution in [2.75, 3.05) is 11.9 Å². The van der Waals surface area contributed by atoms with Gasteiger partial charge in [0.05, 0.1) is 22.4 Å². The average molecular weight is 481 g/mol. The van der Waals surface area contributed by atoms with Crippen LogP contribution in [0, 0.1) is 22.1 Å². The van der Waals surface area contributed by atoms with Crippen LogP contribution in [0.2, 0.25) is 5.02 Å². The number of hydrogen-bond donors (Lipinski definition) is 3. The standard InChI is InChI=1S/C17H16ClF2IN2O2/c1-8-5-10(21)3-4-13(8)23-16-11(17(25)22-7-9(2)24)6-12(18)14(19)15(16)20/h3-6,9,23-24H,7H2,1-2H3,(H,22,25). The number of hydrogen-bond acceptors (Lipinski definition) is 3. The highest BCUT2D eigenvalue weighted by atomic mass is 127. The third-order valence-corrected chi connectivity index (χ3v) is 4.36. The molecule has 3 N–H and O–H groups in total. The zero-order chi connectivity index (χ0) is 18.7. The van der Waals surface area contributed by atoms with E-state index in [0.717, 1.165) is 15.2 Å². The number of aliphatic hydroxyl groups excluding tert-OH is 1. The normalized spacial score (nSPS) is 12.0. The molecule has 2 aromatic rings. The van der Waals surface area contributed by atoms with Crippen molar-refractivity contribution < 1.29 is 18.7 Å². The number of aryl methyl sites for hydroxylation is 1. The number of aliphatic hydroxyl groups is 1. The highest BCUT2D eigenvalue weighted by molar-refractivity contribution is 14.1. The van der Waals surface area contributed by atoms with E-state index in [1.165, 1.54) is 6.92 Å². The summed E-state index contributed by atoms with van der Waals surface area (Å²) in [6, 6.07) is 6.43. The van der Waals surface area contributed by atoms with E-state index < -0.39 is 28.7 Å². The molecule has 2 rings (SSSR count). The minimum Gasteiger partial charge on any atom is -0.392 e. The Morgan fingerprint density at radius 2 is 2.00 bits per heavy atom. The van der Waals surface area contributed by atoms with E-state index in [4.69, 9.17) is 11.6 Å². The van der Waals surface area contributed by atoms with Gasteiger partial charge in [0.15, 0.2) is 11.6 Å². The number of benzene rings is 2. The number of carbonyl (C=O) groups is 1. The Hall–Kier alpha value is -1.45. The van der Waals surface area contributed by atoms with E-state index in [1.807, 2.05) is 13.0 Å². The predicted octanol–water partition coefficient (Wildman–Crippen LogP) is 4.39. The second kappa shape index (κ2) is 8.29. The topological polar surface area (TPSA) is 61.4 Å². The van der Waals surface area contributed by atoms with E-state index >= 15 is 0 Å². The molecule has 0 radical (unpaired) electrons. The molecule has 25 heavy (non-hydrogen) atoms. The molecule has 0 aliphatic carbocycles. The largest absolute Gasteiger partial charge is 0.392 e. The summed E-state index contributed by atoms with van der Waals surface area (Å²) in [4.78, 5) is 12.3. The van der Waals surface area contributed by atoms with Crippen molar-refractivity contribution in [2.45, 2.75) is 20.0 Å². The van der Waals surface area contributed by atoms with Gasteiger partial charge in [-0.25, -0.2) is 8.78 Å². The summed E-state index contributed by atoms with van der Waals surface area (Å²) in [6.45, 7) is 3.27. The number of rotatable bonds is 5. The lowest BCUT2D eigenvalue weighted by molar-refractivity contribution is 0.0924. The van der Waals surface area contributed by atoms with Crippen LogP contribution in [-0.2, 0) is 0 Å². The zero-order valence-corrected chi connectivity index (χ0v) is 16.4. The van der Waals surface area contributed by atoms with E-state index in [1.54, 1.807) is 12.1 Å². The van der Waals surface area contributed by atoms with Crippen LogP contribution in [0.25, 0.3) is 0 Å². The van der Waals surface area contributed by atoms with Crippen molar-refractivity contribution in [1.82, 2.24) is 5.32 Å². The van der Waals surface area contributed by atoms with Crippen LogP contribution in [-0.4, -0.2) is 23.7 Å². The molecule has 8 heteroatoms. The van der Waals surface area contributed by atoms with Crippen LogP contribution in [0.5, 0.6) is 0 Å². The maximum absolute atomic E-state index is 14.4. The first-order valence-electron chi connectivity index (χ1n) is 7.37. The summed E-state index contributed by atoms with van der Waals surface area (Å²) in [6.07, 6.45) is -0.778. The molecule has 0 saturated carbocycles. The third-order valence-electron chi connectivity index (χ3n) is 3.41. The number of nitrogens with one attached hydrogen (secondary N) is 2. The molecule has 0 bridgehead atoms. The van der Waals surface area contributed by atoms with Gasteiger partial charge in [0.25, 0.3) is 5.91 Å². The van der Waals surface area contributed by atoms with Crippen molar-refractivity contribution >= 4 is 51.5 Å². The summed E-state index contributed by atoms with van der Waals surface area (Å²) < 4.78 is 29.3. The number of carbonyl (C=O) groups excluding carboxylic acids is 1. The van der Waals surface area contributed by atoms with Crippen LogP contribution in [0.15, 0.2) is 24.3 Å². The number of amides is 1. The molecular weight excluding hydrogens is 465 g/mol. The maximum Gasteiger partial charge on any atom is 0.253 e. The quantitative estimate of drug-likeness (QED) is 0.440. The van der Waals surface area contributed by atoms with Crippen molar-refractivity contribution in [2.24, 2.45) is 0 Å². The monoisotopic (exact) mass is 480 g/mol. The zero-order valence-electron chi connectivity index (χ0n) is 13.5. The molecule has 134 valence electrons. The van der Waals surface area contributed by atoms with Crippen LogP contribution < -0.4 is 10.6 Å². The Balaban J connectivity index is 2.47. The molecule has 0 spiro atoms. The van der Waals surface area contributed by atoms with Gasteiger partial charge in [-0.1, -0.05) is 11.6 Å². The van der Waals surface area contributed by atoms with E-state index in [2.05, 4.69) is 33.2 Å². The van der Waals surface area contributed by atoms with Crippen LogP contribution in [0.4, 0.5) is 20.2 Å². The highest BCUT2D eigenvalue weighted by Crippen LogP contribution is 2.32. The number of anilines is 2. The molecule has 1 atom stereocenters. The molecule has 1 unspecified atom stereocenters. The minimum absolute atomic E-state index is 0.0303. The first-order valence-corrected chi connectivity index (χ1v) is 8.83. The Morgan fingerprint density at radius 3 is 2.60 bits per heavy atom. The van der Waals surface area contributed by atoms with Gasteiger partial charge in [0.2, 0.25) is 0 Å². The second-order valence-corrected chi connectivity index (χ2v) is 7.21. The molecular formula is C17H16ClF2IN2O2. The van der Waals surface area contributed by atoms with E-state index in [-0.39, 0.29) is 17.8 Å². The minimum atomic E-state index is -1.24. The van der Waals surface area contributed by atoms with Gasteiger partial charge in [0, 0.05) is 15.8 Å². The van der Waals surface area contributed by atoms with Gasteiger partial charge in [-0.3, -0.25) is 4.79 Å². The lowest BCUT2D eigenvalue weighted by Gasteiger charge is -2.16. The third kappa shape index (κ3) is 4.80. The summed E-state index contributed by atoms with van der Waals surface area (Å²) in [5.41, 5.74) is 0.874. The predicted molar refractivity (Wildman–Crippen MR) is 103 cm³/mol. The molecule has 0 fully saturated rings. The molecule has 4 nitrogen and oxygen atoms in total. The van der Waals surface area contributed by atoms with E-state index in [9.17, 15) is 18.7 Å². The van der Waals surface area contributed by atoms with Crippen molar-refractivity contribution in [1.29, 1.82) is 0 Å². The molecule has 0 aliphatic rings. The Morgan fingerprint density at radius 1 is 1.32 bits per heavy atom. The fraction of sp³-hybridized carbons (Fsp3) is 0.235. The van der Waals surface area contributed by atoms with Gasteiger partial charge in [0.1, 0.15) is 0 Å². The summed E-state index contributed by atoms with van der Waals surface area (Å²) in [7, 11) is 0. The molecule has 0 aliphatic heterocycles. The Bertz CT molecular complexity index is 816. The Labute approximate surface area is 162 Å².